The summed E-state index contributed by atoms with van der Waals surface area (Å²) in [5.74, 6) is -1.31. The Bertz CT molecular complexity index is 1150. The zero-order valence-corrected chi connectivity index (χ0v) is 19.7. The van der Waals surface area contributed by atoms with Gasteiger partial charge in [0.15, 0.2) is 6.10 Å². The maximum absolute atomic E-state index is 12.7. The van der Waals surface area contributed by atoms with Crippen molar-refractivity contribution >= 4 is 39.3 Å². The molecule has 1 aliphatic rings. The average Bonchev–Trinajstić information content (AvgIpc) is 2.83. The van der Waals surface area contributed by atoms with Crippen LogP contribution in [0.25, 0.3) is 0 Å². The standard InChI is InChI=1S/C21H23N3O7S2/c1-15(31-21(26)16-8-9-19(32-2)18(14-16)24(27)28)20(25)22-10-12-23(13-11-22)33(29,30)17-6-4-3-5-7-17/h3-9,14-15H,10-13H2,1-2H3. The number of nitro benzene ring substituents is 1. The molecule has 0 spiro atoms. The Morgan fingerprint density at radius 3 is 2.30 bits per heavy atom. The average molecular weight is 494 g/mol. The number of nitrogens with zero attached hydrogens (tertiary/aromatic N) is 3. The molecule has 1 atom stereocenters. The van der Waals surface area contributed by atoms with Crippen molar-refractivity contribution < 1.29 is 27.7 Å². The third-order valence-corrected chi connectivity index (χ3v) is 7.87. The van der Waals surface area contributed by atoms with Crippen molar-refractivity contribution in [2.24, 2.45) is 0 Å². The summed E-state index contributed by atoms with van der Waals surface area (Å²) in [5.41, 5.74) is -0.246. The molecule has 1 unspecified atom stereocenters. The van der Waals surface area contributed by atoms with E-state index in [0.29, 0.717) is 4.90 Å². The third-order valence-electron chi connectivity index (χ3n) is 5.17. The first-order valence-corrected chi connectivity index (χ1v) is 12.7. The molecule has 0 bridgehead atoms. The first kappa shape index (κ1) is 24.7. The van der Waals surface area contributed by atoms with Gasteiger partial charge in [-0.05, 0) is 37.4 Å². The molecule has 1 fully saturated rings. The largest absolute Gasteiger partial charge is 0.449 e. The minimum Gasteiger partial charge on any atom is -0.449 e. The Labute approximate surface area is 195 Å². The fraction of sp³-hybridized carbons (Fsp3) is 0.333. The zero-order valence-electron chi connectivity index (χ0n) is 18.0. The van der Waals surface area contributed by atoms with E-state index in [0.717, 1.165) is 6.07 Å². The number of carbonyl (C=O) groups is 2. The predicted molar refractivity (Wildman–Crippen MR) is 122 cm³/mol. The molecule has 0 saturated carbocycles. The molecule has 1 aliphatic heterocycles. The molecular formula is C21H23N3O7S2. The van der Waals surface area contributed by atoms with E-state index in [-0.39, 0.29) is 42.3 Å². The SMILES string of the molecule is CSc1ccc(C(=O)OC(C)C(=O)N2CCN(S(=O)(=O)c3ccccc3)CC2)cc1[N+](=O)[O-]. The van der Waals surface area contributed by atoms with E-state index < -0.39 is 32.9 Å². The van der Waals surface area contributed by atoms with Crippen LogP contribution < -0.4 is 0 Å². The monoisotopic (exact) mass is 493 g/mol. The summed E-state index contributed by atoms with van der Waals surface area (Å²) in [6, 6.07) is 12.0. The number of amides is 1. The molecule has 0 aliphatic carbocycles. The molecule has 12 heteroatoms. The van der Waals surface area contributed by atoms with Gasteiger partial charge in [0.1, 0.15) is 0 Å². The van der Waals surface area contributed by atoms with Crippen molar-refractivity contribution in [1.29, 1.82) is 0 Å². The van der Waals surface area contributed by atoms with E-state index >= 15 is 0 Å². The zero-order chi connectivity index (χ0) is 24.2. The second-order valence-electron chi connectivity index (χ2n) is 7.23. The molecule has 0 aromatic heterocycles. The van der Waals surface area contributed by atoms with Gasteiger partial charge in [0.05, 0.1) is 20.3 Å². The van der Waals surface area contributed by atoms with E-state index in [1.54, 1.807) is 24.5 Å². The molecule has 176 valence electrons. The second kappa shape index (κ2) is 10.3. The Balaban J connectivity index is 1.61. The van der Waals surface area contributed by atoms with Crippen LogP contribution in [0.4, 0.5) is 5.69 Å². The number of nitro groups is 1. The normalized spacial score (nSPS) is 15.6. The molecule has 1 saturated heterocycles. The van der Waals surface area contributed by atoms with Crippen LogP contribution >= 0.6 is 11.8 Å². The number of esters is 1. The molecule has 0 N–H and O–H groups in total. The predicted octanol–water partition coefficient (Wildman–Crippen LogP) is 2.40. The van der Waals surface area contributed by atoms with E-state index in [1.807, 2.05) is 0 Å². The van der Waals surface area contributed by atoms with E-state index in [1.165, 1.54) is 52.2 Å². The Morgan fingerprint density at radius 2 is 1.73 bits per heavy atom. The summed E-state index contributed by atoms with van der Waals surface area (Å²) in [6.07, 6.45) is 0.556. The maximum Gasteiger partial charge on any atom is 0.339 e. The lowest BCUT2D eigenvalue weighted by Crippen LogP contribution is -2.52. The Morgan fingerprint density at radius 1 is 1.09 bits per heavy atom. The summed E-state index contributed by atoms with van der Waals surface area (Å²) < 4.78 is 32.0. The smallest absolute Gasteiger partial charge is 0.339 e. The van der Waals surface area contributed by atoms with Gasteiger partial charge in [-0.1, -0.05) is 18.2 Å². The molecule has 1 amide bonds. The van der Waals surface area contributed by atoms with Crippen LogP contribution in [0.5, 0.6) is 0 Å². The fourth-order valence-corrected chi connectivity index (χ4v) is 5.38. The minimum atomic E-state index is -3.65. The van der Waals surface area contributed by atoms with Gasteiger partial charge in [-0.2, -0.15) is 4.31 Å². The van der Waals surface area contributed by atoms with Crippen molar-refractivity contribution in [3.05, 3.63) is 64.2 Å². The summed E-state index contributed by atoms with van der Waals surface area (Å²) in [7, 11) is -3.65. The van der Waals surface area contributed by atoms with Crippen LogP contribution in [-0.2, 0) is 19.6 Å². The highest BCUT2D eigenvalue weighted by Gasteiger charge is 2.32. The van der Waals surface area contributed by atoms with Crippen molar-refractivity contribution in [1.82, 2.24) is 9.21 Å². The van der Waals surface area contributed by atoms with Gasteiger partial charge in [-0.25, -0.2) is 13.2 Å². The van der Waals surface area contributed by atoms with Crippen LogP contribution in [-0.4, -0.2) is 73.0 Å². The van der Waals surface area contributed by atoms with Crippen LogP contribution in [0.15, 0.2) is 58.3 Å². The summed E-state index contributed by atoms with van der Waals surface area (Å²) in [6.45, 7) is 1.96. The highest BCUT2D eigenvalue weighted by Crippen LogP contribution is 2.28. The lowest BCUT2D eigenvalue weighted by atomic mass is 10.2. The van der Waals surface area contributed by atoms with Crippen LogP contribution in [0.1, 0.15) is 17.3 Å². The number of hydrogen-bond acceptors (Lipinski definition) is 8. The Hall–Kier alpha value is -2.96. The lowest BCUT2D eigenvalue weighted by molar-refractivity contribution is -0.387. The van der Waals surface area contributed by atoms with E-state index in [9.17, 15) is 28.1 Å². The topological polar surface area (TPSA) is 127 Å². The first-order valence-electron chi connectivity index (χ1n) is 10.0. The number of piperazine rings is 1. The minimum absolute atomic E-state index is 0.0297. The number of rotatable bonds is 7. The van der Waals surface area contributed by atoms with Gasteiger partial charge in [0.25, 0.3) is 11.6 Å². The highest BCUT2D eigenvalue weighted by atomic mass is 32.2. The molecule has 2 aromatic rings. The molecule has 0 radical (unpaired) electrons. The van der Waals surface area contributed by atoms with Crippen LogP contribution in [0, 0.1) is 10.1 Å². The fourth-order valence-electron chi connectivity index (χ4n) is 3.39. The summed E-state index contributed by atoms with van der Waals surface area (Å²) >= 11 is 1.18. The second-order valence-corrected chi connectivity index (χ2v) is 10.0. The quantitative estimate of drug-likeness (QED) is 0.249. The third kappa shape index (κ3) is 5.52. The van der Waals surface area contributed by atoms with Gasteiger partial charge in [-0.15, -0.1) is 11.8 Å². The lowest BCUT2D eigenvalue weighted by Gasteiger charge is -2.35. The number of thioether (sulfide) groups is 1. The Kier molecular flexibility index (Phi) is 7.72. The first-order chi connectivity index (χ1) is 15.6. The molecule has 1 heterocycles. The molecule has 3 rings (SSSR count). The molecule has 33 heavy (non-hydrogen) atoms. The van der Waals surface area contributed by atoms with Crippen LogP contribution in [0.2, 0.25) is 0 Å². The van der Waals surface area contributed by atoms with Crippen molar-refractivity contribution in [2.75, 3.05) is 32.4 Å². The molecule has 10 nitrogen and oxygen atoms in total. The van der Waals surface area contributed by atoms with Crippen molar-refractivity contribution in [2.45, 2.75) is 22.8 Å². The maximum atomic E-state index is 12.7. The van der Waals surface area contributed by atoms with Crippen molar-refractivity contribution in [3.8, 4) is 0 Å². The van der Waals surface area contributed by atoms with E-state index in [4.69, 9.17) is 4.74 Å². The van der Waals surface area contributed by atoms with Gasteiger partial charge in [0, 0.05) is 32.2 Å². The summed E-state index contributed by atoms with van der Waals surface area (Å²) in [4.78, 5) is 37.8. The van der Waals surface area contributed by atoms with Gasteiger partial charge >= 0.3 is 5.97 Å². The number of ether oxygens (including phenoxy) is 1. The molecular weight excluding hydrogens is 470 g/mol. The van der Waals surface area contributed by atoms with Gasteiger partial charge in [-0.3, -0.25) is 14.9 Å². The number of hydrogen-bond donors (Lipinski definition) is 0. The highest BCUT2D eigenvalue weighted by molar-refractivity contribution is 7.98. The number of carbonyl (C=O) groups excluding carboxylic acids is 2. The van der Waals surface area contributed by atoms with Gasteiger partial charge < -0.3 is 9.64 Å². The summed E-state index contributed by atoms with van der Waals surface area (Å²) in [5, 5.41) is 11.2. The van der Waals surface area contributed by atoms with Crippen LogP contribution in [0.3, 0.4) is 0 Å². The molecule has 2 aromatic carbocycles. The number of sulfonamides is 1. The van der Waals surface area contributed by atoms with Gasteiger partial charge in [0.2, 0.25) is 10.0 Å². The van der Waals surface area contributed by atoms with E-state index in [2.05, 4.69) is 0 Å². The number of benzene rings is 2. The van der Waals surface area contributed by atoms with Crippen molar-refractivity contribution in [3.63, 3.8) is 0 Å².